The molecule has 6 heteroatoms. The van der Waals surface area contributed by atoms with Gasteiger partial charge < -0.3 is 15.5 Å². The van der Waals surface area contributed by atoms with Crippen LogP contribution in [0.3, 0.4) is 0 Å². The van der Waals surface area contributed by atoms with Crippen LogP contribution in [-0.4, -0.2) is 14.4 Å². The summed E-state index contributed by atoms with van der Waals surface area (Å²) in [5, 5.41) is 12.6. The van der Waals surface area contributed by atoms with E-state index in [1.54, 1.807) is 0 Å². The molecule has 3 N–H and O–H groups in total. The van der Waals surface area contributed by atoms with Crippen LogP contribution in [0.1, 0.15) is 49.6 Å². The Bertz CT molecular complexity index is 1030. The van der Waals surface area contributed by atoms with E-state index in [2.05, 4.69) is 50.6 Å². The largest absolute Gasteiger partial charge is 0.382 e. The van der Waals surface area contributed by atoms with Crippen molar-refractivity contribution in [3.63, 3.8) is 0 Å². The minimum Gasteiger partial charge on any atom is -0.382 e. The number of aromatic nitrogens is 3. The second-order valence-electron chi connectivity index (χ2n) is 5.96. The predicted octanol–water partition coefficient (Wildman–Crippen LogP) is 3.51. The van der Waals surface area contributed by atoms with Gasteiger partial charge in [-0.15, -0.1) is 0 Å². The first kappa shape index (κ1) is 17.3. The summed E-state index contributed by atoms with van der Waals surface area (Å²) in [4.78, 5) is 8.04. The quantitative estimate of drug-likeness (QED) is 0.707. The number of nitrogen functional groups attached to an aromatic ring is 1. The molecule has 1 atom stereocenters. The van der Waals surface area contributed by atoms with Crippen LogP contribution in [-0.2, 0) is 0 Å². The second-order valence-corrected chi connectivity index (χ2v) is 5.96. The van der Waals surface area contributed by atoms with E-state index in [1.807, 2.05) is 31.3 Å². The standard InChI is InChI=1S/C20H20N6/c1-3-4-5-9-18-16(11-15-8-6-7-10-26(15)18)14(2)25-20-17(12-21)19(22)23-13-24-20/h6-8,10-11,13-14H,3-4H2,1-2H3,(H3,22,23,24,25). The number of rotatable bonds is 4. The highest BCUT2D eigenvalue weighted by Crippen LogP contribution is 2.27. The fraction of sp³-hybridized carbons (Fsp3) is 0.250. The molecule has 130 valence electrons. The first-order chi connectivity index (χ1) is 12.7. The molecule has 0 aromatic carbocycles. The van der Waals surface area contributed by atoms with Gasteiger partial charge in [0.25, 0.3) is 0 Å². The van der Waals surface area contributed by atoms with E-state index >= 15 is 0 Å². The van der Waals surface area contributed by atoms with Gasteiger partial charge in [0.15, 0.2) is 0 Å². The van der Waals surface area contributed by atoms with E-state index in [0.29, 0.717) is 5.82 Å². The number of pyridine rings is 1. The molecule has 0 aliphatic carbocycles. The summed E-state index contributed by atoms with van der Waals surface area (Å²) < 4.78 is 2.08. The van der Waals surface area contributed by atoms with E-state index in [1.165, 1.54) is 6.33 Å². The van der Waals surface area contributed by atoms with Crippen LogP contribution in [0.4, 0.5) is 11.6 Å². The third-order valence-electron chi connectivity index (χ3n) is 4.10. The van der Waals surface area contributed by atoms with E-state index in [4.69, 9.17) is 5.73 Å². The summed E-state index contributed by atoms with van der Waals surface area (Å²) >= 11 is 0. The van der Waals surface area contributed by atoms with Crippen LogP contribution in [0.15, 0.2) is 36.8 Å². The summed E-state index contributed by atoms with van der Waals surface area (Å²) in [6, 6.07) is 10.1. The molecule has 0 saturated heterocycles. The van der Waals surface area contributed by atoms with E-state index < -0.39 is 0 Å². The van der Waals surface area contributed by atoms with E-state index in [-0.39, 0.29) is 17.4 Å². The topological polar surface area (TPSA) is 92.0 Å². The summed E-state index contributed by atoms with van der Waals surface area (Å²) in [5.74, 6) is 7.11. The van der Waals surface area contributed by atoms with Gasteiger partial charge >= 0.3 is 0 Å². The van der Waals surface area contributed by atoms with Crippen LogP contribution in [0.2, 0.25) is 0 Å². The first-order valence-corrected chi connectivity index (χ1v) is 8.51. The summed E-state index contributed by atoms with van der Waals surface area (Å²) in [7, 11) is 0. The monoisotopic (exact) mass is 344 g/mol. The van der Waals surface area contributed by atoms with Crippen molar-refractivity contribution >= 4 is 17.2 Å². The van der Waals surface area contributed by atoms with Crippen molar-refractivity contribution in [1.29, 1.82) is 5.26 Å². The van der Waals surface area contributed by atoms with Crippen molar-refractivity contribution in [2.45, 2.75) is 32.7 Å². The molecule has 1 unspecified atom stereocenters. The van der Waals surface area contributed by atoms with Crippen LogP contribution in [0.25, 0.3) is 5.52 Å². The Kier molecular flexibility index (Phi) is 5.05. The molecule has 0 saturated carbocycles. The molecule has 3 rings (SSSR count). The Morgan fingerprint density at radius 2 is 2.19 bits per heavy atom. The van der Waals surface area contributed by atoms with Gasteiger partial charge in [-0.3, -0.25) is 0 Å². The number of unbranched alkanes of at least 4 members (excludes halogenated alkanes) is 1. The Morgan fingerprint density at radius 3 is 2.96 bits per heavy atom. The average molecular weight is 344 g/mol. The minimum atomic E-state index is -0.109. The molecule has 0 fully saturated rings. The third kappa shape index (κ3) is 3.31. The lowest BCUT2D eigenvalue weighted by molar-refractivity contribution is 0.865. The molecule has 3 heterocycles. The first-order valence-electron chi connectivity index (χ1n) is 8.51. The lowest BCUT2D eigenvalue weighted by atomic mass is 10.1. The summed E-state index contributed by atoms with van der Waals surface area (Å²) in [6.07, 6.45) is 5.22. The van der Waals surface area contributed by atoms with Crippen molar-refractivity contribution < 1.29 is 0 Å². The lowest BCUT2D eigenvalue weighted by Gasteiger charge is -2.15. The number of nitrogens with two attached hydrogens (primary N) is 1. The molecular weight excluding hydrogens is 324 g/mol. The fourth-order valence-electron chi connectivity index (χ4n) is 2.78. The zero-order valence-electron chi connectivity index (χ0n) is 14.8. The van der Waals surface area contributed by atoms with Crippen molar-refractivity contribution in [2.24, 2.45) is 0 Å². The van der Waals surface area contributed by atoms with Crippen molar-refractivity contribution in [1.82, 2.24) is 14.4 Å². The van der Waals surface area contributed by atoms with Crippen molar-refractivity contribution in [3.8, 4) is 17.9 Å². The maximum Gasteiger partial charge on any atom is 0.150 e. The maximum atomic E-state index is 9.32. The van der Waals surface area contributed by atoms with Gasteiger partial charge in [-0.2, -0.15) is 5.26 Å². The number of anilines is 2. The average Bonchev–Trinajstić information content (AvgIpc) is 3.01. The van der Waals surface area contributed by atoms with Crippen LogP contribution >= 0.6 is 0 Å². The molecule has 26 heavy (non-hydrogen) atoms. The predicted molar refractivity (Wildman–Crippen MR) is 102 cm³/mol. The van der Waals surface area contributed by atoms with Crippen LogP contribution < -0.4 is 11.1 Å². The van der Waals surface area contributed by atoms with Gasteiger partial charge in [0, 0.05) is 23.7 Å². The molecule has 0 aliphatic rings. The number of nitriles is 1. The minimum absolute atomic E-state index is 0.109. The molecule has 0 amide bonds. The molecular formula is C20H20N6. The third-order valence-corrected chi connectivity index (χ3v) is 4.10. The molecule has 3 aromatic rings. The zero-order chi connectivity index (χ0) is 18.5. The molecule has 0 bridgehead atoms. The fourth-order valence-corrected chi connectivity index (χ4v) is 2.78. The van der Waals surface area contributed by atoms with Gasteiger partial charge in [0.1, 0.15) is 35.3 Å². The van der Waals surface area contributed by atoms with Gasteiger partial charge in [0.2, 0.25) is 0 Å². The number of hydrogen-bond acceptors (Lipinski definition) is 5. The normalized spacial score (nSPS) is 11.4. The summed E-state index contributed by atoms with van der Waals surface area (Å²) in [5.41, 5.74) is 9.08. The molecule has 0 spiro atoms. The number of nitrogens with one attached hydrogen (secondary N) is 1. The number of nitrogens with zero attached hydrogens (tertiary/aromatic N) is 4. The number of hydrogen-bond donors (Lipinski definition) is 2. The van der Waals surface area contributed by atoms with Gasteiger partial charge in [-0.1, -0.05) is 18.9 Å². The van der Waals surface area contributed by atoms with Gasteiger partial charge in [-0.25, -0.2) is 9.97 Å². The van der Waals surface area contributed by atoms with Gasteiger partial charge in [-0.05, 0) is 37.5 Å². The van der Waals surface area contributed by atoms with Crippen molar-refractivity contribution in [2.75, 3.05) is 11.1 Å². The Balaban J connectivity index is 2.02. The van der Waals surface area contributed by atoms with Crippen LogP contribution in [0.5, 0.6) is 0 Å². The molecule has 0 radical (unpaired) electrons. The summed E-state index contributed by atoms with van der Waals surface area (Å²) in [6.45, 7) is 4.12. The number of fused-ring (bicyclic) bond motifs is 1. The highest BCUT2D eigenvalue weighted by Gasteiger charge is 2.17. The van der Waals surface area contributed by atoms with Crippen molar-refractivity contribution in [3.05, 3.63) is 53.6 Å². The van der Waals surface area contributed by atoms with E-state index in [0.717, 1.165) is 29.6 Å². The molecule has 3 aromatic heterocycles. The highest BCUT2D eigenvalue weighted by molar-refractivity contribution is 5.64. The van der Waals surface area contributed by atoms with Gasteiger partial charge in [0.05, 0.1) is 6.04 Å². The smallest absolute Gasteiger partial charge is 0.150 e. The Labute approximate surface area is 152 Å². The highest BCUT2D eigenvalue weighted by atomic mass is 15.1. The Hall–Kier alpha value is -3.51. The second kappa shape index (κ2) is 7.58. The SMILES string of the molecule is CCCC#Cc1c(C(C)Nc2ncnc(N)c2C#N)cc2ccccn12. The zero-order valence-corrected chi connectivity index (χ0v) is 14.8. The Morgan fingerprint density at radius 1 is 1.35 bits per heavy atom. The molecule has 0 aliphatic heterocycles. The van der Waals surface area contributed by atoms with Crippen LogP contribution in [0, 0.1) is 23.2 Å². The lowest BCUT2D eigenvalue weighted by Crippen LogP contribution is -2.12. The molecule has 6 nitrogen and oxygen atoms in total. The van der Waals surface area contributed by atoms with E-state index in [9.17, 15) is 5.26 Å². The maximum absolute atomic E-state index is 9.32.